The van der Waals surface area contributed by atoms with E-state index < -0.39 is 5.97 Å². The first-order valence-corrected chi connectivity index (χ1v) is 6.27. The molecule has 0 aliphatic rings. The molecule has 20 heavy (non-hydrogen) atoms. The van der Waals surface area contributed by atoms with Gasteiger partial charge in [0.05, 0.1) is 12.2 Å². The summed E-state index contributed by atoms with van der Waals surface area (Å²) >= 11 is 0. The van der Waals surface area contributed by atoms with E-state index in [1.807, 2.05) is 13.0 Å². The number of carboxylic acids is 1. The van der Waals surface area contributed by atoms with Crippen molar-refractivity contribution in [2.24, 2.45) is 0 Å². The number of carboxylic acid groups (broad SMARTS) is 1. The van der Waals surface area contributed by atoms with Crippen LogP contribution in [0, 0.1) is 13.8 Å². The van der Waals surface area contributed by atoms with E-state index in [0.29, 0.717) is 30.1 Å². The fourth-order valence-electron chi connectivity index (χ4n) is 2.18. The molecule has 2 aromatic rings. The maximum absolute atomic E-state index is 11.5. The van der Waals surface area contributed by atoms with Gasteiger partial charge in [0, 0.05) is 19.2 Å². The molecule has 1 aromatic heterocycles. The van der Waals surface area contributed by atoms with Gasteiger partial charge in [0.1, 0.15) is 6.33 Å². The topological polar surface area (TPSA) is 77.2 Å². The van der Waals surface area contributed by atoms with Crippen molar-refractivity contribution in [3.8, 4) is 11.4 Å². The Bertz CT molecular complexity index is 635. The second-order valence-corrected chi connectivity index (χ2v) is 4.60. The number of aromatic nitrogens is 3. The molecule has 106 valence electrons. The lowest BCUT2D eigenvalue weighted by molar-refractivity contribution is 0.0697. The van der Waals surface area contributed by atoms with Gasteiger partial charge in [0.15, 0.2) is 5.82 Å². The Hall–Kier alpha value is -2.21. The van der Waals surface area contributed by atoms with Crippen molar-refractivity contribution in [3.05, 3.63) is 35.2 Å². The van der Waals surface area contributed by atoms with Gasteiger partial charge >= 0.3 is 5.97 Å². The summed E-state index contributed by atoms with van der Waals surface area (Å²) in [4.78, 5) is 11.5. The van der Waals surface area contributed by atoms with E-state index in [1.165, 1.54) is 0 Å². The molecule has 0 spiro atoms. The molecule has 0 radical (unpaired) electrons. The average Bonchev–Trinajstić information content (AvgIpc) is 2.86. The van der Waals surface area contributed by atoms with Crippen molar-refractivity contribution in [1.82, 2.24) is 14.8 Å². The molecule has 0 bridgehead atoms. The number of aryl methyl sites for hydroxylation is 2. The smallest absolute Gasteiger partial charge is 0.336 e. The van der Waals surface area contributed by atoms with Crippen molar-refractivity contribution in [1.29, 1.82) is 0 Å². The van der Waals surface area contributed by atoms with Crippen LogP contribution < -0.4 is 0 Å². The highest BCUT2D eigenvalue weighted by atomic mass is 16.5. The molecule has 0 saturated heterocycles. The minimum Gasteiger partial charge on any atom is -0.478 e. The molecule has 0 atom stereocenters. The lowest BCUT2D eigenvalue weighted by atomic mass is 9.96. The third kappa shape index (κ3) is 2.55. The number of benzene rings is 1. The first-order chi connectivity index (χ1) is 9.56. The molecule has 1 heterocycles. The highest BCUT2D eigenvalue weighted by molar-refractivity contribution is 5.97. The Labute approximate surface area is 117 Å². The number of nitrogens with zero attached hydrogens (tertiary/aromatic N) is 3. The molecule has 0 amide bonds. The minimum absolute atomic E-state index is 0.275. The molecule has 2 rings (SSSR count). The molecular weight excluding hydrogens is 258 g/mol. The van der Waals surface area contributed by atoms with Crippen LogP contribution >= 0.6 is 0 Å². The number of rotatable bonds is 5. The van der Waals surface area contributed by atoms with Crippen LogP contribution in [0.25, 0.3) is 11.4 Å². The summed E-state index contributed by atoms with van der Waals surface area (Å²) in [6, 6.07) is 3.70. The summed E-state index contributed by atoms with van der Waals surface area (Å²) in [6.07, 6.45) is 1.59. The molecule has 0 saturated carbocycles. The van der Waals surface area contributed by atoms with E-state index in [4.69, 9.17) is 4.74 Å². The summed E-state index contributed by atoms with van der Waals surface area (Å²) in [5.74, 6) is -0.400. The van der Waals surface area contributed by atoms with Crippen LogP contribution in [0.1, 0.15) is 21.5 Å². The molecule has 6 heteroatoms. The summed E-state index contributed by atoms with van der Waals surface area (Å²) < 4.78 is 6.85. The normalized spacial score (nSPS) is 10.8. The monoisotopic (exact) mass is 275 g/mol. The van der Waals surface area contributed by atoms with Crippen molar-refractivity contribution in [2.45, 2.75) is 20.4 Å². The highest BCUT2D eigenvalue weighted by Crippen LogP contribution is 2.28. The average molecular weight is 275 g/mol. The lowest BCUT2D eigenvalue weighted by Crippen LogP contribution is -2.10. The Morgan fingerprint density at radius 3 is 2.70 bits per heavy atom. The molecule has 1 N–H and O–H groups in total. The van der Waals surface area contributed by atoms with Crippen LogP contribution in [-0.4, -0.2) is 39.6 Å². The van der Waals surface area contributed by atoms with Gasteiger partial charge in [-0.25, -0.2) is 4.79 Å². The first kappa shape index (κ1) is 14.2. The molecule has 0 aliphatic heterocycles. The third-order valence-corrected chi connectivity index (χ3v) is 3.21. The Balaban J connectivity index is 2.60. The Morgan fingerprint density at radius 2 is 2.05 bits per heavy atom. The zero-order valence-electron chi connectivity index (χ0n) is 11.8. The SMILES string of the molecule is COCCn1cnnc1-c1c(C)ccc(C)c1C(=O)O. The predicted molar refractivity (Wildman–Crippen MR) is 73.8 cm³/mol. The van der Waals surface area contributed by atoms with E-state index in [0.717, 1.165) is 5.56 Å². The lowest BCUT2D eigenvalue weighted by Gasteiger charge is -2.13. The fraction of sp³-hybridized carbons (Fsp3) is 0.357. The van der Waals surface area contributed by atoms with Gasteiger partial charge < -0.3 is 14.4 Å². The van der Waals surface area contributed by atoms with Gasteiger partial charge in [0.25, 0.3) is 0 Å². The minimum atomic E-state index is -0.956. The highest BCUT2D eigenvalue weighted by Gasteiger charge is 2.20. The standard InChI is InChI=1S/C14H17N3O3/c1-9-4-5-10(2)12(14(18)19)11(9)13-16-15-8-17(13)6-7-20-3/h4-5,8H,6-7H2,1-3H3,(H,18,19). The van der Waals surface area contributed by atoms with Crippen LogP contribution in [0.5, 0.6) is 0 Å². The maximum atomic E-state index is 11.5. The summed E-state index contributed by atoms with van der Waals surface area (Å²) in [7, 11) is 1.62. The van der Waals surface area contributed by atoms with E-state index in [2.05, 4.69) is 10.2 Å². The first-order valence-electron chi connectivity index (χ1n) is 6.27. The Morgan fingerprint density at radius 1 is 1.35 bits per heavy atom. The largest absolute Gasteiger partial charge is 0.478 e. The van der Waals surface area contributed by atoms with Crippen molar-refractivity contribution in [2.75, 3.05) is 13.7 Å². The van der Waals surface area contributed by atoms with Crippen molar-refractivity contribution >= 4 is 5.97 Å². The number of hydrogen-bond donors (Lipinski definition) is 1. The van der Waals surface area contributed by atoms with E-state index in [9.17, 15) is 9.90 Å². The molecule has 1 aromatic carbocycles. The number of ether oxygens (including phenoxy) is 1. The van der Waals surface area contributed by atoms with Gasteiger partial charge in [0.2, 0.25) is 0 Å². The maximum Gasteiger partial charge on any atom is 0.336 e. The van der Waals surface area contributed by atoms with Gasteiger partial charge in [-0.3, -0.25) is 0 Å². The molecular formula is C14H17N3O3. The Kier molecular flexibility index (Phi) is 4.14. The van der Waals surface area contributed by atoms with Crippen molar-refractivity contribution in [3.63, 3.8) is 0 Å². The van der Waals surface area contributed by atoms with Gasteiger partial charge in [-0.15, -0.1) is 10.2 Å². The van der Waals surface area contributed by atoms with Gasteiger partial charge in [-0.1, -0.05) is 12.1 Å². The van der Waals surface area contributed by atoms with E-state index >= 15 is 0 Å². The fourth-order valence-corrected chi connectivity index (χ4v) is 2.18. The van der Waals surface area contributed by atoms with Crippen molar-refractivity contribution < 1.29 is 14.6 Å². The third-order valence-electron chi connectivity index (χ3n) is 3.21. The number of methoxy groups -OCH3 is 1. The summed E-state index contributed by atoms with van der Waals surface area (Å²) in [6.45, 7) is 4.74. The number of aromatic carboxylic acids is 1. The molecule has 0 fully saturated rings. The van der Waals surface area contributed by atoms with E-state index in [-0.39, 0.29) is 5.56 Å². The van der Waals surface area contributed by atoms with E-state index in [1.54, 1.807) is 31.0 Å². The van der Waals surface area contributed by atoms with Gasteiger partial charge in [-0.2, -0.15) is 0 Å². The second-order valence-electron chi connectivity index (χ2n) is 4.60. The summed E-state index contributed by atoms with van der Waals surface area (Å²) in [5.41, 5.74) is 2.46. The molecule has 0 unspecified atom stereocenters. The van der Waals surface area contributed by atoms with Crippen LogP contribution in [-0.2, 0) is 11.3 Å². The zero-order valence-corrected chi connectivity index (χ0v) is 11.8. The number of hydrogen-bond acceptors (Lipinski definition) is 4. The molecule has 6 nitrogen and oxygen atoms in total. The predicted octanol–water partition coefficient (Wildman–Crippen LogP) is 1.91. The van der Waals surface area contributed by atoms with Crippen LogP contribution in [0.4, 0.5) is 0 Å². The quantitative estimate of drug-likeness (QED) is 0.901. The number of carbonyl (C=O) groups is 1. The van der Waals surface area contributed by atoms with Crippen LogP contribution in [0.3, 0.4) is 0 Å². The zero-order chi connectivity index (χ0) is 14.7. The summed E-state index contributed by atoms with van der Waals surface area (Å²) in [5, 5.41) is 17.4. The van der Waals surface area contributed by atoms with Crippen LogP contribution in [0.2, 0.25) is 0 Å². The molecule has 0 aliphatic carbocycles. The van der Waals surface area contributed by atoms with Gasteiger partial charge in [-0.05, 0) is 25.0 Å². The van der Waals surface area contributed by atoms with Crippen LogP contribution in [0.15, 0.2) is 18.5 Å². The second kappa shape index (κ2) is 5.83.